The number of para-hydroxylation sites is 2. The van der Waals surface area contributed by atoms with Crippen molar-refractivity contribution in [3.8, 4) is 17.6 Å². The number of carbonyl (C=O) groups excluding carboxylic acids is 5. The molecule has 6 atom stereocenters. The van der Waals surface area contributed by atoms with Gasteiger partial charge >= 0.3 is 18.1 Å². The SMILES string of the molecule is NC(=O)NCC#Cc1ccc2c(c1)[C@]1(C(=O)N2C(=O)OCc2ccc([N+](=O)[O-])cc2)[C@H](c2ccccc2OCCO)N2[C@H](c3ccccc3)[C@H](c3ccccc3)OC(=O)[C@H]2[C@@H]1C(=O)Nc1nc2ccccc2s1. The highest BCUT2D eigenvalue weighted by Crippen LogP contribution is 2.67. The first-order chi connectivity index (χ1) is 35.5. The molecular weight excluding hydrogens is 955 g/mol. The van der Waals surface area contributed by atoms with Gasteiger partial charge in [-0.05, 0) is 70.8 Å². The summed E-state index contributed by atoms with van der Waals surface area (Å²) in [5.74, 6) is 1.72. The lowest BCUT2D eigenvalue weighted by Crippen LogP contribution is -2.54. The molecule has 6 aromatic carbocycles. The van der Waals surface area contributed by atoms with Crippen LogP contribution in [0.1, 0.15) is 51.6 Å². The Morgan fingerprint density at radius 1 is 0.877 bits per heavy atom. The minimum absolute atomic E-state index is 0.000130. The number of hydrogen-bond donors (Lipinski definition) is 4. The molecule has 7 aromatic rings. The average Bonchev–Trinajstić information content (AvgIpc) is 4.04. The van der Waals surface area contributed by atoms with Gasteiger partial charge in [0.25, 0.3) is 5.69 Å². The highest BCUT2D eigenvalue weighted by Gasteiger charge is 2.76. The second-order valence-electron chi connectivity index (χ2n) is 17.2. The number of aliphatic hydroxyl groups excluding tert-OH is 1. The van der Waals surface area contributed by atoms with Gasteiger partial charge in [0.05, 0.1) is 52.0 Å². The van der Waals surface area contributed by atoms with Gasteiger partial charge < -0.3 is 35.7 Å². The molecule has 5 N–H and O–H groups in total. The zero-order valence-electron chi connectivity index (χ0n) is 38.5. The number of benzene rings is 6. The third-order valence-corrected chi connectivity index (χ3v) is 14.1. The van der Waals surface area contributed by atoms with E-state index in [0.717, 1.165) is 9.60 Å². The Bertz CT molecular complexity index is 3330. The minimum atomic E-state index is -2.27. The van der Waals surface area contributed by atoms with Crippen LogP contribution in [0.15, 0.2) is 152 Å². The summed E-state index contributed by atoms with van der Waals surface area (Å²) in [5, 5.41) is 27.1. The van der Waals surface area contributed by atoms with Crippen molar-refractivity contribution in [2.75, 3.05) is 30.0 Å². The van der Waals surface area contributed by atoms with Crippen molar-refractivity contribution in [3.05, 3.63) is 195 Å². The molecule has 73 heavy (non-hydrogen) atoms. The van der Waals surface area contributed by atoms with E-state index in [1.807, 2.05) is 77.7 Å². The van der Waals surface area contributed by atoms with Crippen molar-refractivity contribution in [3.63, 3.8) is 0 Å². The number of nitro benzene ring substituents is 1. The number of carbonyl (C=O) groups is 5. The molecule has 4 heterocycles. The first kappa shape index (κ1) is 47.7. The number of nitrogens with one attached hydrogen (secondary N) is 2. The molecule has 19 heteroatoms. The van der Waals surface area contributed by atoms with E-state index >= 15 is 14.4 Å². The van der Waals surface area contributed by atoms with E-state index in [4.69, 9.17) is 24.9 Å². The zero-order valence-corrected chi connectivity index (χ0v) is 39.3. The number of aliphatic hydroxyl groups is 1. The van der Waals surface area contributed by atoms with Crippen LogP contribution in [-0.2, 0) is 35.9 Å². The van der Waals surface area contributed by atoms with Gasteiger partial charge in [-0.15, -0.1) is 0 Å². The number of ether oxygens (including phenoxy) is 3. The fourth-order valence-electron chi connectivity index (χ4n) is 10.2. The number of urea groups is 1. The molecule has 0 aliphatic carbocycles. The lowest BCUT2D eigenvalue weighted by atomic mass is 9.65. The summed E-state index contributed by atoms with van der Waals surface area (Å²) in [6, 6.07) is 37.6. The first-order valence-corrected chi connectivity index (χ1v) is 23.8. The summed E-state index contributed by atoms with van der Waals surface area (Å²) in [6.07, 6.45) is -2.19. The Kier molecular flexibility index (Phi) is 13.1. The van der Waals surface area contributed by atoms with E-state index in [9.17, 15) is 24.8 Å². The third-order valence-electron chi connectivity index (χ3n) is 13.1. The van der Waals surface area contributed by atoms with Gasteiger partial charge in [-0.3, -0.25) is 29.4 Å². The van der Waals surface area contributed by atoms with Crippen LogP contribution in [0.3, 0.4) is 0 Å². The summed E-state index contributed by atoms with van der Waals surface area (Å²) < 4.78 is 19.5. The number of imide groups is 1. The fraction of sp³-hybridized carbons (Fsp3) is 0.185. The first-order valence-electron chi connectivity index (χ1n) is 23.0. The number of thiazole rings is 1. The number of rotatable bonds is 12. The van der Waals surface area contributed by atoms with Crippen LogP contribution in [0, 0.1) is 27.9 Å². The number of hydrogen-bond acceptors (Lipinski definition) is 14. The van der Waals surface area contributed by atoms with Crippen LogP contribution < -0.4 is 26.0 Å². The summed E-state index contributed by atoms with van der Waals surface area (Å²) in [4.78, 5) is 93.0. The number of nitro groups is 1. The van der Waals surface area contributed by atoms with E-state index in [-0.39, 0.29) is 47.6 Å². The van der Waals surface area contributed by atoms with Crippen LogP contribution in [0.4, 0.5) is 26.1 Å². The molecule has 0 radical (unpaired) electrons. The van der Waals surface area contributed by atoms with Gasteiger partial charge in [0, 0.05) is 23.3 Å². The highest BCUT2D eigenvalue weighted by molar-refractivity contribution is 7.22. The molecular formula is C54H43N7O11S. The number of amides is 5. The van der Waals surface area contributed by atoms with Crippen molar-refractivity contribution in [2.45, 2.75) is 36.3 Å². The quantitative estimate of drug-likeness (QED) is 0.0409. The van der Waals surface area contributed by atoms with Crippen LogP contribution in [0.5, 0.6) is 5.75 Å². The summed E-state index contributed by atoms with van der Waals surface area (Å²) in [5.41, 5.74) is 5.81. The minimum Gasteiger partial charge on any atom is -0.491 e. The van der Waals surface area contributed by atoms with E-state index in [2.05, 4.69) is 22.5 Å². The maximum absolute atomic E-state index is 16.7. The van der Waals surface area contributed by atoms with E-state index in [0.29, 0.717) is 33.3 Å². The maximum Gasteiger partial charge on any atom is 0.421 e. The van der Waals surface area contributed by atoms with Crippen molar-refractivity contribution in [1.82, 2.24) is 15.2 Å². The van der Waals surface area contributed by atoms with Crippen LogP contribution >= 0.6 is 11.3 Å². The Morgan fingerprint density at radius 3 is 2.29 bits per heavy atom. The molecule has 5 amide bonds. The Balaban J connectivity index is 1.25. The third kappa shape index (κ3) is 8.73. The van der Waals surface area contributed by atoms with Gasteiger partial charge in [0.15, 0.2) is 5.13 Å². The zero-order chi connectivity index (χ0) is 50.8. The van der Waals surface area contributed by atoms with Gasteiger partial charge in [-0.25, -0.2) is 19.5 Å². The molecule has 18 nitrogen and oxygen atoms in total. The normalized spacial score (nSPS) is 20.8. The standard InChI is InChI=1S/C54H43N7O11S/c55-51(66)56-27-11-12-32-23-26-40-38(30-32)54(50(65)59(40)53(67)71-31-33-21-24-36(25-22-33)61(68)69)43(48(63)58-52-57-39-18-8-10-20-42(39)73-52)45-49(64)72-46(35-15-5-2-6-16-35)44(34-13-3-1-4-14-34)60(45)47(54)37-17-7-9-19-41(37)70-29-28-62/h1-10,13-26,30,43-47,62H,27-29,31H2,(H3,55,56,66)(H,57,58,63)/t43-,44-,45-,46+,47+,54-/m1/s1. The summed E-state index contributed by atoms with van der Waals surface area (Å²) in [6.45, 7) is -1.13. The molecule has 3 aliphatic heterocycles. The number of fused-ring (bicyclic) bond motifs is 4. The van der Waals surface area contributed by atoms with Gasteiger partial charge in [0.2, 0.25) is 11.8 Å². The molecule has 0 bridgehead atoms. The summed E-state index contributed by atoms with van der Waals surface area (Å²) in [7, 11) is 0. The molecule has 0 unspecified atom stereocenters. The number of primary amides is 1. The van der Waals surface area contributed by atoms with Gasteiger partial charge in [0.1, 0.15) is 36.5 Å². The number of cyclic esters (lactones) is 1. The number of nitrogens with zero attached hydrogens (tertiary/aromatic N) is 4. The molecule has 3 aliphatic rings. The largest absolute Gasteiger partial charge is 0.491 e. The maximum atomic E-state index is 16.7. The van der Waals surface area contributed by atoms with E-state index in [1.54, 1.807) is 48.5 Å². The second-order valence-corrected chi connectivity index (χ2v) is 18.3. The lowest BCUT2D eigenvalue weighted by Gasteiger charge is -2.46. The molecule has 366 valence electrons. The van der Waals surface area contributed by atoms with Crippen molar-refractivity contribution >= 4 is 68.0 Å². The number of aromatic nitrogens is 1. The number of morpholine rings is 1. The molecule has 10 rings (SSSR count). The van der Waals surface area contributed by atoms with Crippen LogP contribution in [-0.4, -0.2) is 75.6 Å². The van der Waals surface area contributed by atoms with Crippen molar-refractivity contribution in [1.29, 1.82) is 0 Å². The predicted molar refractivity (Wildman–Crippen MR) is 267 cm³/mol. The Hall–Kier alpha value is -8.96. The number of anilines is 2. The summed E-state index contributed by atoms with van der Waals surface area (Å²) >= 11 is 1.18. The lowest BCUT2D eigenvalue weighted by molar-refractivity contribution is -0.384. The fourth-order valence-corrected chi connectivity index (χ4v) is 11.1. The van der Waals surface area contributed by atoms with Crippen LogP contribution in [0.2, 0.25) is 0 Å². The van der Waals surface area contributed by atoms with Gasteiger partial charge in [-0.1, -0.05) is 114 Å². The van der Waals surface area contributed by atoms with Gasteiger partial charge in [-0.2, -0.15) is 0 Å². The Labute approximate surface area is 420 Å². The number of esters is 1. The molecule has 2 fully saturated rings. The Morgan fingerprint density at radius 2 is 1.58 bits per heavy atom. The molecule has 1 spiro atoms. The molecule has 0 saturated carbocycles. The topological polar surface area (TPSA) is 246 Å². The molecule has 2 saturated heterocycles. The van der Waals surface area contributed by atoms with Crippen molar-refractivity contribution in [2.24, 2.45) is 11.7 Å². The van der Waals surface area contributed by atoms with Crippen LogP contribution in [0.25, 0.3) is 10.2 Å². The smallest absolute Gasteiger partial charge is 0.421 e. The second kappa shape index (κ2) is 20.0. The average molecular weight is 998 g/mol. The van der Waals surface area contributed by atoms with E-state index in [1.165, 1.54) is 41.7 Å². The monoisotopic (exact) mass is 997 g/mol. The highest BCUT2D eigenvalue weighted by atomic mass is 32.1. The number of non-ortho nitro benzene ring substituents is 1. The molecule has 1 aromatic heterocycles. The van der Waals surface area contributed by atoms with Crippen molar-refractivity contribution < 1.29 is 48.2 Å². The number of nitrogens with two attached hydrogens (primary N) is 1. The van der Waals surface area contributed by atoms with E-state index < -0.39 is 77.0 Å². The predicted octanol–water partition coefficient (Wildman–Crippen LogP) is 7.24.